The average molecular weight is 263 g/mol. The summed E-state index contributed by atoms with van der Waals surface area (Å²) in [6.45, 7) is 0.305. The summed E-state index contributed by atoms with van der Waals surface area (Å²) in [5, 5.41) is 16.4. The van der Waals surface area contributed by atoms with Crippen molar-refractivity contribution in [2.75, 3.05) is 12.4 Å². The molecule has 3 rings (SSSR count). The Hall–Kier alpha value is -2.29. The first kappa shape index (κ1) is 10.8. The van der Waals surface area contributed by atoms with Gasteiger partial charge < -0.3 is 5.32 Å². The van der Waals surface area contributed by atoms with E-state index in [2.05, 4.69) is 25.6 Å². The van der Waals surface area contributed by atoms with E-state index in [0.717, 1.165) is 5.01 Å². The molecule has 0 aliphatic carbocycles. The van der Waals surface area contributed by atoms with Gasteiger partial charge in [0.05, 0.1) is 6.20 Å². The molecule has 0 aliphatic rings. The van der Waals surface area contributed by atoms with Gasteiger partial charge in [-0.05, 0) is 0 Å². The zero-order valence-corrected chi connectivity index (χ0v) is 10.3. The van der Waals surface area contributed by atoms with Crippen LogP contribution >= 0.6 is 11.3 Å². The lowest BCUT2D eigenvalue weighted by Gasteiger charge is -1.92. The quantitative estimate of drug-likeness (QED) is 0.705. The van der Waals surface area contributed by atoms with Crippen molar-refractivity contribution in [3.05, 3.63) is 34.1 Å². The second kappa shape index (κ2) is 4.18. The van der Waals surface area contributed by atoms with Crippen molar-refractivity contribution < 1.29 is 0 Å². The number of hydrogen-bond acceptors (Lipinski definition) is 7. The van der Waals surface area contributed by atoms with E-state index in [1.165, 1.54) is 26.6 Å². The van der Waals surface area contributed by atoms with Crippen LogP contribution in [0.25, 0.3) is 5.65 Å². The molecule has 0 atom stereocenters. The average Bonchev–Trinajstić information content (AvgIpc) is 2.97. The standard InChI is InChI=1S/C9H9N7OS/c1-10-8-13-12-7(18-8)5-16-9(17)15-3-2-11-4-6(15)14-16/h2-4H,5H2,1H3,(H,10,13). The highest BCUT2D eigenvalue weighted by molar-refractivity contribution is 7.15. The molecule has 0 bridgehead atoms. The Kier molecular flexibility index (Phi) is 2.52. The number of nitrogens with zero attached hydrogens (tertiary/aromatic N) is 6. The van der Waals surface area contributed by atoms with Crippen LogP contribution in [0.15, 0.2) is 23.4 Å². The molecule has 0 aromatic carbocycles. The zero-order chi connectivity index (χ0) is 12.5. The van der Waals surface area contributed by atoms with E-state index in [0.29, 0.717) is 17.3 Å². The number of fused-ring (bicyclic) bond motifs is 1. The first-order valence-electron chi connectivity index (χ1n) is 5.17. The van der Waals surface area contributed by atoms with Crippen molar-refractivity contribution in [1.29, 1.82) is 0 Å². The third-order valence-electron chi connectivity index (χ3n) is 2.35. The van der Waals surface area contributed by atoms with E-state index in [4.69, 9.17) is 0 Å². The van der Waals surface area contributed by atoms with E-state index in [1.54, 1.807) is 19.4 Å². The molecule has 0 unspecified atom stereocenters. The van der Waals surface area contributed by atoms with Crippen LogP contribution in [0.3, 0.4) is 0 Å². The first-order chi connectivity index (χ1) is 8.78. The first-order valence-corrected chi connectivity index (χ1v) is 5.99. The summed E-state index contributed by atoms with van der Waals surface area (Å²) in [5.41, 5.74) is 0.300. The van der Waals surface area contributed by atoms with Gasteiger partial charge >= 0.3 is 5.69 Å². The van der Waals surface area contributed by atoms with E-state index in [9.17, 15) is 4.79 Å². The molecule has 92 valence electrons. The Bertz CT molecular complexity index is 743. The van der Waals surface area contributed by atoms with Gasteiger partial charge in [0.15, 0.2) is 5.65 Å². The third kappa shape index (κ3) is 1.74. The van der Waals surface area contributed by atoms with Crippen molar-refractivity contribution in [3.8, 4) is 0 Å². The number of hydrogen-bond donors (Lipinski definition) is 1. The molecule has 0 saturated heterocycles. The van der Waals surface area contributed by atoms with Crippen molar-refractivity contribution in [1.82, 2.24) is 29.4 Å². The van der Waals surface area contributed by atoms with Gasteiger partial charge in [-0.25, -0.2) is 13.9 Å². The molecular formula is C9H9N7OS. The van der Waals surface area contributed by atoms with Gasteiger partial charge in [-0.2, -0.15) is 0 Å². The lowest BCUT2D eigenvalue weighted by molar-refractivity contribution is 0.651. The fourth-order valence-corrected chi connectivity index (χ4v) is 2.21. The van der Waals surface area contributed by atoms with Gasteiger partial charge in [-0.3, -0.25) is 4.98 Å². The summed E-state index contributed by atoms with van der Waals surface area (Å²) in [7, 11) is 1.77. The predicted octanol–water partition coefficient (Wildman–Crippen LogP) is -0.168. The number of anilines is 1. The molecule has 0 saturated carbocycles. The molecule has 3 aromatic rings. The van der Waals surface area contributed by atoms with Crippen molar-refractivity contribution in [2.45, 2.75) is 6.54 Å². The molecule has 0 amide bonds. The molecule has 3 aromatic heterocycles. The second-order valence-electron chi connectivity index (χ2n) is 3.50. The van der Waals surface area contributed by atoms with E-state index in [1.807, 2.05) is 0 Å². The maximum Gasteiger partial charge on any atom is 0.350 e. The van der Waals surface area contributed by atoms with Crippen LogP contribution in [0.1, 0.15) is 5.01 Å². The van der Waals surface area contributed by atoms with Crippen LogP contribution in [0.2, 0.25) is 0 Å². The molecule has 0 radical (unpaired) electrons. The fourth-order valence-electron chi connectivity index (χ4n) is 1.53. The van der Waals surface area contributed by atoms with Crippen LogP contribution in [-0.2, 0) is 6.54 Å². The SMILES string of the molecule is CNc1nnc(Cn2nc3cnccn3c2=O)s1. The predicted molar refractivity (Wildman–Crippen MR) is 65.8 cm³/mol. The Morgan fingerprint density at radius 3 is 3.06 bits per heavy atom. The second-order valence-corrected chi connectivity index (χ2v) is 4.56. The summed E-state index contributed by atoms with van der Waals surface area (Å²) in [6.07, 6.45) is 4.67. The fraction of sp³-hybridized carbons (Fsp3) is 0.222. The van der Waals surface area contributed by atoms with Gasteiger partial charge in [0, 0.05) is 19.4 Å². The highest BCUT2D eigenvalue weighted by Gasteiger charge is 2.09. The Balaban J connectivity index is 1.99. The van der Waals surface area contributed by atoms with Crippen molar-refractivity contribution in [2.24, 2.45) is 0 Å². The largest absolute Gasteiger partial charge is 0.363 e. The molecule has 8 nitrogen and oxygen atoms in total. The van der Waals surface area contributed by atoms with Crippen LogP contribution in [0.5, 0.6) is 0 Å². The minimum Gasteiger partial charge on any atom is -0.363 e. The van der Waals surface area contributed by atoms with Crippen LogP contribution in [0, 0.1) is 0 Å². The summed E-state index contributed by atoms with van der Waals surface area (Å²) in [5.74, 6) is 0. The molecule has 0 fully saturated rings. The molecule has 18 heavy (non-hydrogen) atoms. The van der Waals surface area contributed by atoms with Gasteiger partial charge in [0.25, 0.3) is 0 Å². The Morgan fingerprint density at radius 2 is 2.33 bits per heavy atom. The molecule has 3 heterocycles. The third-order valence-corrected chi connectivity index (χ3v) is 3.28. The van der Waals surface area contributed by atoms with Crippen LogP contribution in [0.4, 0.5) is 5.13 Å². The van der Waals surface area contributed by atoms with E-state index >= 15 is 0 Å². The van der Waals surface area contributed by atoms with Crippen molar-refractivity contribution in [3.63, 3.8) is 0 Å². The van der Waals surface area contributed by atoms with Crippen molar-refractivity contribution >= 4 is 22.1 Å². The summed E-state index contributed by atoms with van der Waals surface area (Å²) in [4.78, 5) is 15.9. The van der Waals surface area contributed by atoms with Gasteiger partial charge in [0.2, 0.25) is 5.13 Å². The number of nitrogens with one attached hydrogen (secondary N) is 1. The molecular weight excluding hydrogens is 254 g/mol. The van der Waals surface area contributed by atoms with Crippen LogP contribution in [-0.4, -0.2) is 36.4 Å². The normalized spacial score (nSPS) is 10.9. The monoisotopic (exact) mass is 263 g/mol. The Morgan fingerprint density at radius 1 is 1.44 bits per heavy atom. The summed E-state index contributed by atoms with van der Waals surface area (Å²) < 4.78 is 2.78. The maximum absolute atomic E-state index is 12.0. The molecule has 0 aliphatic heterocycles. The number of rotatable bonds is 3. The van der Waals surface area contributed by atoms with E-state index < -0.39 is 0 Å². The lowest BCUT2D eigenvalue weighted by Crippen LogP contribution is -2.21. The van der Waals surface area contributed by atoms with Gasteiger partial charge in [-0.15, -0.1) is 15.3 Å². The minimum absolute atomic E-state index is 0.214. The summed E-state index contributed by atoms with van der Waals surface area (Å²) >= 11 is 1.39. The zero-order valence-electron chi connectivity index (χ0n) is 9.44. The molecule has 1 N–H and O–H groups in total. The van der Waals surface area contributed by atoms with Crippen LogP contribution < -0.4 is 11.0 Å². The Labute approximate surface area is 105 Å². The summed E-state index contributed by atoms with van der Waals surface area (Å²) in [6, 6.07) is 0. The molecule has 9 heteroatoms. The van der Waals surface area contributed by atoms with Gasteiger partial charge in [0.1, 0.15) is 11.6 Å². The smallest absolute Gasteiger partial charge is 0.350 e. The minimum atomic E-state index is -0.214. The number of aromatic nitrogens is 6. The molecule has 0 spiro atoms. The topological polar surface area (TPSA) is 90.0 Å². The van der Waals surface area contributed by atoms with E-state index in [-0.39, 0.29) is 5.69 Å². The lowest BCUT2D eigenvalue weighted by atomic mass is 10.7. The highest BCUT2D eigenvalue weighted by atomic mass is 32.1. The maximum atomic E-state index is 12.0. The van der Waals surface area contributed by atoms with Gasteiger partial charge in [-0.1, -0.05) is 11.3 Å². The highest BCUT2D eigenvalue weighted by Crippen LogP contribution is 2.14.